The summed E-state index contributed by atoms with van der Waals surface area (Å²) in [6.07, 6.45) is 0.859. The molecule has 1 saturated heterocycles. The van der Waals surface area contributed by atoms with Crippen molar-refractivity contribution in [3.05, 3.63) is 89.4 Å². The van der Waals surface area contributed by atoms with Crippen LogP contribution in [0.3, 0.4) is 0 Å². The molecule has 3 aromatic carbocycles. The first-order valence-corrected chi connectivity index (χ1v) is 8.55. The van der Waals surface area contributed by atoms with Gasteiger partial charge in [0.25, 0.3) is 0 Å². The third-order valence-electron chi connectivity index (χ3n) is 4.36. The van der Waals surface area contributed by atoms with Crippen molar-refractivity contribution in [3.63, 3.8) is 0 Å². The summed E-state index contributed by atoms with van der Waals surface area (Å²) in [4.78, 5) is 7.00. The van der Waals surface area contributed by atoms with Crippen LogP contribution in [0.1, 0.15) is 18.0 Å². The molecule has 0 aliphatic carbocycles. The van der Waals surface area contributed by atoms with Crippen molar-refractivity contribution in [1.82, 2.24) is 0 Å². The van der Waals surface area contributed by atoms with Crippen LogP contribution in [-0.4, -0.2) is 10.9 Å². The highest BCUT2D eigenvalue weighted by atomic mass is 35.5. The van der Waals surface area contributed by atoms with Crippen LogP contribution in [0.2, 0.25) is 5.02 Å². The first-order chi connectivity index (χ1) is 12.2. The highest BCUT2D eigenvalue weighted by Crippen LogP contribution is 2.41. The van der Waals surface area contributed by atoms with E-state index in [2.05, 4.69) is 17.0 Å². The van der Waals surface area contributed by atoms with E-state index in [1.807, 2.05) is 54.6 Å². The Morgan fingerprint density at radius 1 is 0.880 bits per heavy atom. The molecular formula is C21H17ClN2O. The van der Waals surface area contributed by atoms with Crippen molar-refractivity contribution in [1.29, 1.82) is 0 Å². The second-order valence-electron chi connectivity index (χ2n) is 6.02. The van der Waals surface area contributed by atoms with Crippen LogP contribution in [-0.2, 0) is 0 Å². The topological polar surface area (TPSA) is 35.8 Å². The molecule has 1 atom stereocenters. The van der Waals surface area contributed by atoms with Gasteiger partial charge in [-0.1, -0.05) is 41.9 Å². The molecule has 1 heterocycles. The summed E-state index contributed by atoms with van der Waals surface area (Å²) in [5.74, 6) is 1.27. The summed E-state index contributed by atoms with van der Waals surface area (Å²) in [5, 5.41) is 10.3. The third-order valence-corrected chi connectivity index (χ3v) is 4.61. The molecule has 1 fully saturated rings. The van der Waals surface area contributed by atoms with Gasteiger partial charge < -0.3 is 10.0 Å². The SMILES string of the molecule is Oc1ccc(N2/C(=N/c3ccccc3)CC2c2ccc(Cl)cc2)cc1. The Hall–Kier alpha value is -2.78. The van der Waals surface area contributed by atoms with Crippen molar-refractivity contribution < 1.29 is 5.11 Å². The monoisotopic (exact) mass is 348 g/mol. The van der Waals surface area contributed by atoms with E-state index in [1.54, 1.807) is 12.1 Å². The molecular weight excluding hydrogens is 332 g/mol. The van der Waals surface area contributed by atoms with Crippen LogP contribution in [0.25, 0.3) is 0 Å². The van der Waals surface area contributed by atoms with Gasteiger partial charge >= 0.3 is 0 Å². The van der Waals surface area contributed by atoms with E-state index in [1.165, 1.54) is 5.56 Å². The molecule has 124 valence electrons. The van der Waals surface area contributed by atoms with Gasteiger partial charge in [-0.3, -0.25) is 0 Å². The van der Waals surface area contributed by atoms with E-state index >= 15 is 0 Å². The second kappa shape index (κ2) is 6.61. The number of nitrogens with zero attached hydrogens (tertiary/aromatic N) is 2. The molecule has 0 bridgehead atoms. The lowest BCUT2D eigenvalue weighted by Crippen LogP contribution is -2.46. The number of rotatable bonds is 3. The van der Waals surface area contributed by atoms with Gasteiger partial charge in [0.15, 0.2) is 0 Å². The van der Waals surface area contributed by atoms with Crippen LogP contribution in [0.15, 0.2) is 83.9 Å². The van der Waals surface area contributed by atoms with E-state index in [0.29, 0.717) is 0 Å². The number of amidine groups is 1. The Labute approximate surface area is 151 Å². The number of para-hydroxylation sites is 1. The third kappa shape index (κ3) is 3.24. The fraction of sp³-hybridized carbons (Fsp3) is 0.0952. The number of anilines is 1. The molecule has 25 heavy (non-hydrogen) atoms. The summed E-state index contributed by atoms with van der Waals surface area (Å²) < 4.78 is 0. The highest BCUT2D eigenvalue weighted by Gasteiger charge is 2.36. The average Bonchev–Trinajstić information content (AvgIpc) is 2.62. The number of hydrogen-bond donors (Lipinski definition) is 1. The zero-order valence-corrected chi connectivity index (χ0v) is 14.3. The smallest absolute Gasteiger partial charge is 0.115 e. The number of phenols is 1. The Kier molecular flexibility index (Phi) is 4.16. The van der Waals surface area contributed by atoms with Gasteiger partial charge in [-0.25, -0.2) is 4.99 Å². The quantitative estimate of drug-likeness (QED) is 0.656. The Bertz CT molecular complexity index is 889. The van der Waals surface area contributed by atoms with E-state index < -0.39 is 0 Å². The normalized spacial score (nSPS) is 18.2. The number of aromatic hydroxyl groups is 1. The van der Waals surface area contributed by atoms with Crippen molar-refractivity contribution in [3.8, 4) is 5.75 Å². The first kappa shape index (κ1) is 15.7. The van der Waals surface area contributed by atoms with Crippen LogP contribution >= 0.6 is 11.6 Å². The maximum atomic E-state index is 9.58. The van der Waals surface area contributed by atoms with E-state index in [0.717, 1.165) is 28.7 Å². The lowest BCUT2D eigenvalue weighted by atomic mass is 9.92. The largest absolute Gasteiger partial charge is 0.508 e. The summed E-state index contributed by atoms with van der Waals surface area (Å²) in [6.45, 7) is 0. The molecule has 4 heteroatoms. The van der Waals surface area contributed by atoms with Crippen molar-refractivity contribution >= 4 is 28.8 Å². The van der Waals surface area contributed by atoms with Gasteiger partial charge in [0.1, 0.15) is 11.6 Å². The zero-order chi connectivity index (χ0) is 17.2. The number of aliphatic imine (C=N–C) groups is 1. The minimum Gasteiger partial charge on any atom is -0.508 e. The number of hydrogen-bond acceptors (Lipinski definition) is 2. The summed E-state index contributed by atoms with van der Waals surface area (Å²) in [7, 11) is 0. The number of benzene rings is 3. The second-order valence-corrected chi connectivity index (χ2v) is 6.46. The Morgan fingerprint density at radius 2 is 1.56 bits per heavy atom. The maximum absolute atomic E-state index is 9.58. The van der Waals surface area contributed by atoms with Gasteiger partial charge in [0.05, 0.1) is 11.7 Å². The minimum atomic E-state index is 0.212. The molecule has 1 N–H and O–H groups in total. The van der Waals surface area contributed by atoms with Crippen molar-refractivity contribution in [2.75, 3.05) is 4.90 Å². The lowest BCUT2D eigenvalue weighted by Gasteiger charge is -2.44. The Morgan fingerprint density at radius 3 is 2.24 bits per heavy atom. The predicted molar refractivity (Wildman–Crippen MR) is 103 cm³/mol. The first-order valence-electron chi connectivity index (χ1n) is 8.17. The maximum Gasteiger partial charge on any atom is 0.115 e. The van der Waals surface area contributed by atoms with Gasteiger partial charge in [-0.2, -0.15) is 0 Å². The summed E-state index contributed by atoms with van der Waals surface area (Å²) in [6, 6.07) is 25.3. The zero-order valence-electron chi connectivity index (χ0n) is 13.5. The molecule has 0 amide bonds. The molecule has 0 spiro atoms. The molecule has 4 rings (SSSR count). The van der Waals surface area contributed by atoms with E-state index in [9.17, 15) is 5.11 Å². The van der Waals surface area contributed by atoms with Gasteiger partial charge in [0.2, 0.25) is 0 Å². The Balaban J connectivity index is 1.70. The average molecular weight is 349 g/mol. The molecule has 1 aliphatic rings. The lowest BCUT2D eigenvalue weighted by molar-refractivity contribution is 0.475. The molecule has 3 nitrogen and oxygen atoms in total. The molecule has 0 radical (unpaired) electrons. The summed E-state index contributed by atoms with van der Waals surface area (Å²) >= 11 is 6.02. The minimum absolute atomic E-state index is 0.212. The van der Waals surface area contributed by atoms with E-state index in [4.69, 9.17) is 16.6 Å². The van der Waals surface area contributed by atoms with Crippen molar-refractivity contribution in [2.45, 2.75) is 12.5 Å². The standard InChI is InChI=1S/C21H17ClN2O/c22-16-8-6-15(7-9-16)20-14-21(23-17-4-2-1-3-5-17)24(20)18-10-12-19(25)13-11-18/h1-13,20,25H,14H2/b23-21+. The molecule has 3 aromatic rings. The predicted octanol–water partition coefficient (Wildman–Crippen LogP) is 5.73. The van der Waals surface area contributed by atoms with Crippen LogP contribution in [0.5, 0.6) is 5.75 Å². The van der Waals surface area contributed by atoms with Crippen LogP contribution < -0.4 is 4.90 Å². The van der Waals surface area contributed by atoms with Crippen molar-refractivity contribution in [2.24, 2.45) is 4.99 Å². The fourth-order valence-electron chi connectivity index (χ4n) is 3.08. The summed E-state index contributed by atoms with van der Waals surface area (Å²) in [5.41, 5.74) is 3.15. The fourth-order valence-corrected chi connectivity index (χ4v) is 3.20. The molecule has 0 saturated carbocycles. The van der Waals surface area contributed by atoms with Crippen LogP contribution in [0, 0.1) is 0 Å². The molecule has 0 aromatic heterocycles. The molecule has 1 aliphatic heterocycles. The van der Waals surface area contributed by atoms with E-state index in [-0.39, 0.29) is 11.8 Å². The highest BCUT2D eigenvalue weighted by molar-refractivity contribution is 6.30. The van der Waals surface area contributed by atoms with Crippen LogP contribution in [0.4, 0.5) is 11.4 Å². The van der Waals surface area contributed by atoms with Gasteiger partial charge in [-0.15, -0.1) is 0 Å². The number of halogens is 1. The van der Waals surface area contributed by atoms with Gasteiger partial charge in [-0.05, 0) is 54.1 Å². The molecule has 1 unspecified atom stereocenters. The van der Waals surface area contributed by atoms with Gasteiger partial charge in [0, 0.05) is 17.1 Å². The number of phenolic OH excluding ortho intramolecular Hbond substituents is 1.